The molecule has 0 saturated carbocycles. The van der Waals surface area contributed by atoms with Gasteiger partial charge in [0, 0.05) is 0 Å². The Morgan fingerprint density at radius 3 is 2.68 bits per heavy atom. The Labute approximate surface area is 115 Å². The van der Waals surface area contributed by atoms with Gasteiger partial charge in [-0.1, -0.05) is 31.5 Å². The van der Waals surface area contributed by atoms with E-state index in [1.54, 1.807) is 0 Å². The minimum absolute atomic E-state index is 0.162. The summed E-state index contributed by atoms with van der Waals surface area (Å²) in [6.45, 7) is 8.94. The highest BCUT2D eigenvalue weighted by Gasteiger charge is 2.04. The van der Waals surface area contributed by atoms with E-state index in [1.165, 1.54) is 5.56 Å². The van der Waals surface area contributed by atoms with Crippen LogP contribution >= 0.6 is 0 Å². The molecule has 1 aromatic rings. The summed E-state index contributed by atoms with van der Waals surface area (Å²) in [6, 6.07) is 5.98. The van der Waals surface area contributed by atoms with Crippen LogP contribution in [-0.4, -0.2) is 19.1 Å². The van der Waals surface area contributed by atoms with Crippen LogP contribution in [0.5, 0.6) is 5.75 Å². The lowest BCUT2D eigenvalue weighted by molar-refractivity contribution is -0.134. The third-order valence-electron chi connectivity index (χ3n) is 2.52. The zero-order valence-electron chi connectivity index (χ0n) is 12.2. The molecule has 0 radical (unpaired) electrons. The molecule has 0 bridgehead atoms. The number of nitrogens with one attached hydrogen (secondary N) is 1. The number of rotatable bonds is 7. The normalized spacial score (nSPS) is 10.6. The third kappa shape index (κ3) is 6.25. The Morgan fingerprint density at radius 2 is 2.05 bits per heavy atom. The van der Waals surface area contributed by atoms with Crippen molar-refractivity contribution in [2.75, 3.05) is 13.2 Å². The molecule has 0 saturated heterocycles. The highest BCUT2D eigenvalue weighted by Crippen LogP contribution is 2.18. The summed E-state index contributed by atoms with van der Waals surface area (Å²) in [7, 11) is 0. The number of ether oxygens (including phenoxy) is 1. The van der Waals surface area contributed by atoms with Crippen LogP contribution in [0.1, 0.15) is 31.4 Å². The van der Waals surface area contributed by atoms with E-state index in [0.717, 1.165) is 11.3 Å². The van der Waals surface area contributed by atoms with Crippen LogP contribution in [0.4, 0.5) is 0 Å². The second kappa shape index (κ2) is 7.79. The summed E-state index contributed by atoms with van der Waals surface area (Å²) in [5.41, 5.74) is 4.68. The molecule has 4 heteroatoms. The second-order valence-corrected chi connectivity index (χ2v) is 5.10. The van der Waals surface area contributed by atoms with Gasteiger partial charge in [-0.15, -0.1) is 0 Å². The lowest BCUT2D eigenvalue weighted by Gasteiger charge is -2.10. The molecule has 0 heterocycles. The van der Waals surface area contributed by atoms with Crippen molar-refractivity contribution >= 4 is 5.91 Å². The van der Waals surface area contributed by atoms with E-state index in [9.17, 15) is 4.79 Å². The molecule has 106 valence electrons. The number of carbonyl (C=O) groups is 1. The summed E-state index contributed by atoms with van der Waals surface area (Å²) in [6.07, 6.45) is 0.283. The van der Waals surface area contributed by atoms with Gasteiger partial charge in [0.2, 0.25) is 5.91 Å². The van der Waals surface area contributed by atoms with E-state index in [0.29, 0.717) is 19.1 Å². The summed E-state index contributed by atoms with van der Waals surface area (Å²) in [5.74, 6) is 1.05. The molecular weight excluding hydrogens is 242 g/mol. The molecular formula is C15H23NO3. The van der Waals surface area contributed by atoms with E-state index in [1.807, 2.05) is 39.8 Å². The molecule has 0 aromatic heterocycles. The number of carbonyl (C=O) groups excluding carboxylic acids is 1. The van der Waals surface area contributed by atoms with E-state index >= 15 is 0 Å². The summed E-state index contributed by atoms with van der Waals surface area (Å²) in [4.78, 5) is 16.5. The fourth-order valence-corrected chi connectivity index (χ4v) is 1.55. The average molecular weight is 265 g/mol. The molecule has 0 atom stereocenters. The van der Waals surface area contributed by atoms with Gasteiger partial charge >= 0.3 is 0 Å². The van der Waals surface area contributed by atoms with Gasteiger partial charge in [-0.05, 0) is 31.4 Å². The van der Waals surface area contributed by atoms with Crippen LogP contribution in [0.25, 0.3) is 0 Å². The average Bonchev–Trinajstić information content (AvgIpc) is 2.31. The van der Waals surface area contributed by atoms with Crippen LogP contribution in [0, 0.1) is 19.8 Å². The summed E-state index contributed by atoms with van der Waals surface area (Å²) in [5, 5.41) is 0. The zero-order chi connectivity index (χ0) is 14.3. The molecule has 1 amide bonds. The van der Waals surface area contributed by atoms with Gasteiger partial charge in [-0.3, -0.25) is 9.63 Å². The number of hydrogen-bond donors (Lipinski definition) is 1. The predicted molar refractivity (Wildman–Crippen MR) is 75.0 cm³/mol. The number of amides is 1. The van der Waals surface area contributed by atoms with Crippen LogP contribution in [0.15, 0.2) is 18.2 Å². The maximum absolute atomic E-state index is 11.4. The first-order valence-corrected chi connectivity index (χ1v) is 6.59. The fourth-order valence-electron chi connectivity index (χ4n) is 1.55. The topological polar surface area (TPSA) is 47.6 Å². The van der Waals surface area contributed by atoms with E-state index in [-0.39, 0.29) is 12.3 Å². The van der Waals surface area contributed by atoms with Gasteiger partial charge in [0.05, 0.1) is 19.6 Å². The molecule has 0 aliphatic carbocycles. The van der Waals surface area contributed by atoms with E-state index < -0.39 is 0 Å². The van der Waals surface area contributed by atoms with Gasteiger partial charge in [-0.2, -0.15) is 0 Å². The standard InChI is InChI=1S/C15H23NO3/c1-11(2)10-19-16-15(17)7-8-18-14-6-5-12(3)9-13(14)4/h5-6,9,11H,7-8,10H2,1-4H3,(H,16,17). The molecule has 0 unspecified atom stereocenters. The lowest BCUT2D eigenvalue weighted by atomic mass is 10.1. The molecule has 0 fully saturated rings. The van der Waals surface area contributed by atoms with Crippen molar-refractivity contribution in [2.45, 2.75) is 34.1 Å². The first kappa shape index (κ1) is 15.5. The van der Waals surface area contributed by atoms with Crippen LogP contribution < -0.4 is 10.2 Å². The Balaban J connectivity index is 2.24. The van der Waals surface area contributed by atoms with Gasteiger partial charge < -0.3 is 4.74 Å². The molecule has 1 aromatic carbocycles. The Kier molecular flexibility index (Phi) is 6.36. The van der Waals surface area contributed by atoms with E-state index in [2.05, 4.69) is 11.5 Å². The third-order valence-corrected chi connectivity index (χ3v) is 2.52. The Hall–Kier alpha value is -1.55. The molecule has 0 aliphatic heterocycles. The largest absolute Gasteiger partial charge is 0.493 e. The van der Waals surface area contributed by atoms with Crippen molar-refractivity contribution < 1.29 is 14.4 Å². The lowest BCUT2D eigenvalue weighted by Crippen LogP contribution is -2.26. The number of hydrogen-bond acceptors (Lipinski definition) is 3. The van der Waals surface area contributed by atoms with Gasteiger partial charge in [-0.25, -0.2) is 5.48 Å². The van der Waals surface area contributed by atoms with Crippen molar-refractivity contribution in [3.05, 3.63) is 29.3 Å². The molecule has 1 N–H and O–H groups in total. The first-order chi connectivity index (χ1) is 8.99. The maximum Gasteiger partial charge on any atom is 0.246 e. The smallest absolute Gasteiger partial charge is 0.246 e. The quantitative estimate of drug-likeness (QED) is 0.771. The molecule has 4 nitrogen and oxygen atoms in total. The van der Waals surface area contributed by atoms with Crippen LogP contribution in [-0.2, 0) is 9.63 Å². The number of benzene rings is 1. The minimum atomic E-state index is -0.162. The highest BCUT2D eigenvalue weighted by atomic mass is 16.7. The Morgan fingerprint density at radius 1 is 1.32 bits per heavy atom. The molecule has 1 rings (SSSR count). The first-order valence-electron chi connectivity index (χ1n) is 6.59. The minimum Gasteiger partial charge on any atom is -0.493 e. The maximum atomic E-state index is 11.4. The molecule has 19 heavy (non-hydrogen) atoms. The van der Waals surface area contributed by atoms with Gasteiger partial charge in [0.15, 0.2) is 0 Å². The summed E-state index contributed by atoms with van der Waals surface area (Å²) >= 11 is 0. The fraction of sp³-hybridized carbons (Fsp3) is 0.533. The Bertz CT molecular complexity index is 416. The number of aryl methyl sites for hydroxylation is 2. The SMILES string of the molecule is Cc1ccc(OCCC(=O)NOCC(C)C)c(C)c1. The number of hydroxylamine groups is 1. The second-order valence-electron chi connectivity index (χ2n) is 5.10. The van der Waals surface area contributed by atoms with E-state index in [4.69, 9.17) is 9.57 Å². The van der Waals surface area contributed by atoms with Crippen LogP contribution in [0.2, 0.25) is 0 Å². The monoisotopic (exact) mass is 265 g/mol. The van der Waals surface area contributed by atoms with Crippen molar-refractivity contribution in [1.29, 1.82) is 0 Å². The van der Waals surface area contributed by atoms with Crippen molar-refractivity contribution in [1.82, 2.24) is 5.48 Å². The zero-order valence-corrected chi connectivity index (χ0v) is 12.2. The summed E-state index contributed by atoms with van der Waals surface area (Å²) < 4.78 is 5.57. The van der Waals surface area contributed by atoms with Crippen molar-refractivity contribution in [3.63, 3.8) is 0 Å². The van der Waals surface area contributed by atoms with Gasteiger partial charge in [0.1, 0.15) is 5.75 Å². The predicted octanol–water partition coefficient (Wildman–Crippen LogP) is 2.78. The van der Waals surface area contributed by atoms with Crippen molar-refractivity contribution in [3.8, 4) is 5.75 Å². The molecule has 0 aliphatic rings. The van der Waals surface area contributed by atoms with Crippen molar-refractivity contribution in [2.24, 2.45) is 5.92 Å². The van der Waals surface area contributed by atoms with Gasteiger partial charge in [0.25, 0.3) is 0 Å². The van der Waals surface area contributed by atoms with Crippen LogP contribution in [0.3, 0.4) is 0 Å². The highest BCUT2D eigenvalue weighted by molar-refractivity contribution is 5.74. The molecule has 0 spiro atoms.